The van der Waals surface area contributed by atoms with Crippen LogP contribution in [0.3, 0.4) is 0 Å². The third-order valence-corrected chi connectivity index (χ3v) is 3.10. The Bertz CT molecular complexity index is 535. The van der Waals surface area contributed by atoms with Crippen LogP contribution in [0.2, 0.25) is 0 Å². The van der Waals surface area contributed by atoms with Gasteiger partial charge >= 0.3 is 6.18 Å². The van der Waals surface area contributed by atoms with Crippen molar-refractivity contribution in [3.63, 3.8) is 0 Å². The molecule has 114 valence electrons. The monoisotopic (exact) mass is 298 g/mol. The molecule has 0 bridgehead atoms. The van der Waals surface area contributed by atoms with Crippen molar-refractivity contribution >= 4 is 0 Å². The number of halogens is 3. The number of pyridine rings is 1. The van der Waals surface area contributed by atoms with Gasteiger partial charge in [-0.2, -0.15) is 13.2 Å². The van der Waals surface area contributed by atoms with E-state index in [1.165, 1.54) is 6.07 Å². The van der Waals surface area contributed by atoms with Crippen LogP contribution in [0.15, 0.2) is 41.1 Å². The topological polar surface area (TPSA) is 38.1 Å². The Morgan fingerprint density at radius 2 is 2.10 bits per heavy atom. The van der Waals surface area contributed by atoms with Crippen molar-refractivity contribution in [1.29, 1.82) is 0 Å². The summed E-state index contributed by atoms with van der Waals surface area (Å²) in [4.78, 5) is 3.95. The van der Waals surface area contributed by atoms with Gasteiger partial charge in [0.1, 0.15) is 5.76 Å². The first-order chi connectivity index (χ1) is 10.0. The van der Waals surface area contributed by atoms with E-state index in [0.717, 1.165) is 31.0 Å². The average Bonchev–Trinajstić information content (AvgIpc) is 2.95. The van der Waals surface area contributed by atoms with E-state index in [2.05, 4.69) is 10.3 Å². The summed E-state index contributed by atoms with van der Waals surface area (Å²) in [5, 5.41) is 3.28. The summed E-state index contributed by atoms with van der Waals surface area (Å²) in [6, 6.07) is 5.93. The van der Waals surface area contributed by atoms with Crippen molar-refractivity contribution in [2.75, 3.05) is 6.54 Å². The molecule has 1 N–H and O–H groups in total. The summed E-state index contributed by atoms with van der Waals surface area (Å²) in [6.45, 7) is 2.78. The zero-order valence-corrected chi connectivity index (χ0v) is 11.7. The van der Waals surface area contributed by atoms with Gasteiger partial charge in [0.05, 0.1) is 23.6 Å². The number of alkyl halides is 3. The van der Waals surface area contributed by atoms with Gasteiger partial charge in [-0.1, -0.05) is 6.92 Å². The van der Waals surface area contributed by atoms with E-state index in [-0.39, 0.29) is 6.04 Å². The van der Waals surface area contributed by atoms with Gasteiger partial charge in [-0.05, 0) is 37.2 Å². The molecule has 0 aliphatic rings. The Kier molecular flexibility index (Phi) is 5.01. The Morgan fingerprint density at radius 1 is 1.29 bits per heavy atom. The van der Waals surface area contributed by atoms with E-state index in [9.17, 15) is 13.2 Å². The molecule has 2 heterocycles. The SMILES string of the molecule is CCCNC(Cc1ccco1)c1ccc(C(F)(F)F)cn1. The Morgan fingerprint density at radius 3 is 2.62 bits per heavy atom. The van der Waals surface area contributed by atoms with E-state index in [4.69, 9.17) is 4.42 Å². The molecule has 0 spiro atoms. The second kappa shape index (κ2) is 6.76. The normalized spacial score (nSPS) is 13.3. The zero-order chi connectivity index (χ0) is 15.3. The Balaban J connectivity index is 2.15. The van der Waals surface area contributed by atoms with E-state index < -0.39 is 11.7 Å². The Labute approximate surface area is 121 Å². The molecule has 1 atom stereocenters. The van der Waals surface area contributed by atoms with Gasteiger partial charge in [-0.25, -0.2) is 0 Å². The molecule has 2 rings (SSSR count). The minimum atomic E-state index is -4.36. The maximum absolute atomic E-state index is 12.6. The first-order valence-electron chi connectivity index (χ1n) is 6.79. The molecule has 0 saturated heterocycles. The van der Waals surface area contributed by atoms with Gasteiger partial charge in [0.2, 0.25) is 0 Å². The molecular formula is C15H17F3N2O. The van der Waals surface area contributed by atoms with Crippen LogP contribution in [0.5, 0.6) is 0 Å². The molecule has 0 aromatic carbocycles. The molecule has 0 fully saturated rings. The second-order valence-electron chi connectivity index (χ2n) is 4.76. The summed E-state index contributed by atoms with van der Waals surface area (Å²) in [7, 11) is 0. The van der Waals surface area contributed by atoms with E-state index >= 15 is 0 Å². The second-order valence-corrected chi connectivity index (χ2v) is 4.76. The lowest BCUT2D eigenvalue weighted by molar-refractivity contribution is -0.137. The number of hydrogen-bond donors (Lipinski definition) is 1. The van der Waals surface area contributed by atoms with E-state index in [1.807, 2.05) is 13.0 Å². The first-order valence-corrected chi connectivity index (χ1v) is 6.79. The third kappa shape index (κ3) is 4.32. The molecule has 0 aliphatic heterocycles. The van der Waals surface area contributed by atoms with E-state index in [0.29, 0.717) is 12.1 Å². The fourth-order valence-electron chi connectivity index (χ4n) is 2.01. The molecule has 0 amide bonds. The molecule has 2 aromatic rings. The summed E-state index contributed by atoms with van der Waals surface area (Å²) < 4.78 is 43.0. The number of hydrogen-bond acceptors (Lipinski definition) is 3. The van der Waals surface area contributed by atoms with Gasteiger partial charge in [-0.3, -0.25) is 4.98 Å². The van der Waals surface area contributed by atoms with Crippen molar-refractivity contribution in [2.45, 2.75) is 32.0 Å². The van der Waals surface area contributed by atoms with Crippen LogP contribution in [0.1, 0.15) is 36.4 Å². The highest BCUT2D eigenvalue weighted by Gasteiger charge is 2.31. The highest BCUT2D eigenvalue weighted by atomic mass is 19.4. The molecule has 2 aromatic heterocycles. The van der Waals surface area contributed by atoms with Crippen molar-refractivity contribution in [1.82, 2.24) is 10.3 Å². The zero-order valence-electron chi connectivity index (χ0n) is 11.7. The minimum Gasteiger partial charge on any atom is -0.469 e. The van der Waals surface area contributed by atoms with Crippen LogP contribution in [-0.2, 0) is 12.6 Å². The Hall–Kier alpha value is -1.82. The summed E-state index contributed by atoms with van der Waals surface area (Å²) in [5.41, 5.74) is -0.161. The maximum Gasteiger partial charge on any atom is 0.417 e. The van der Waals surface area contributed by atoms with Gasteiger partial charge in [0.15, 0.2) is 0 Å². The van der Waals surface area contributed by atoms with Crippen molar-refractivity contribution in [3.8, 4) is 0 Å². The third-order valence-electron chi connectivity index (χ3n) is 3.10. The smallest absolute Gasteiger partial charge is 0.417 e. The number of nitrogens with one attached hydrogen (secondary N) is 1. The van der Waals surface area contributed by atoms with Crippen LogP contribution >= 0.6 is 0 Å². The van der Waals surface area contributed by atoms with Gasteiger partial charge in [0.25, 0.3) is 0 Å². The fourth-order valence-corrected chi connectivity index (χ4v) is 2.01. The molecule has 0 saturated carbocycles. The molecule has 6 heteroatoms. The van der Waals surface area contributed by atoms with Crippen LogP contribution in [0.25, 0.3) is 0 Å². The number of aromatic nitrogens is 1. The molecule has 0 radical (unpaired) electrons. The summed E-state index contributed by atoms with van der Waals surface area (Å²) in [6.07, 6.45) is -0.440. The maximum atomic E-state index is 12.6. The van der Waals surface area contributed by atoms with Crippen molar-refractivity contribution in [2.24, 2.45) is 0 Å². The average molecular weight is 298 g/mol. The lowest BCUT2D eigenvalue weighted by Gasteiger charge is -2.17. The van der Waals surface area contributed by atoms with Gasteiger partial charge in [-0.15, -0.1) is 0 Å². The standard InChI is InChI=1S/C15H17F3N2O/c1-2-7-19-14(9-12-4-3-8-21-12)13-6-5-11(10-20-13)15(16,17)18/h3-6,8,10,14,19H,2,7,9H2,1H3. The summed E-state index contributed by atoms with van der Waals surface area (Å²) in [5.74, 6) is 0.769. The first kappa shape index (κ1) is 15.6. The largest absolute Gasteiger partial charge is 0.469 e. The highest BCUT2D eigenvalue weighted by molar-refractivity contribution is 5.20. The van der Waals surface area contributed by atoms with Crippen LogP contribution in [0, 0.1) is 0 Å². The minimum absolute atomic E-state index is 0.168. The lowest BCUT2D eigenvalue weighted by Crippen LogP contribution is -2.25. The van der Waals surface area contributed by atoms with Crippen molar-refractivity contribution < 1.29 is 17.6 Å². The number of rotatable bonds is 6. The van der Waals surface area contributed by atoms with Crippen molar-refractivity contribution in [3.05, 3.63) is 53.7 Å². The predicted octanol–water partition coefficient (Wildman–Crippen LogP) is 3.98. The molecule has 0 aliphatic carbocycles. The highest BCUT2D eigenvalue weighted by Crippen LogP contribution is 2.29. The molecular weight excluding hydrogens is 281 g/mol. The molecule has 3 nitrogen and oxygen atoms in total. The molecule has 21 heavy (non-hydrogen) atoms. The van der Waals surface area contributed by atoms with Crippen LogP contribution in [0.4, 0.5) is 13.2 Å². The van der Waals surface area contributed by atoms with E-state index in [1.54, 1.807) is 12.3 Å². The predicted molar refractivity (Wildman–Crippen MR) is 72.7 cm³/mol. The van der Waals surface area contributed by atoms with Crippen LogP contribution in [-0.4, -0.2) is 11.5 Å². The number of nitrogens with zero attached hydrogens (tertiary/aromatic N) is 1. The number of furan rings is 1. The van der Waals surface area contributed by atoms with Crippen LogP contribution < -0.4 is 5.32 Å². The summed E-state index contributed by atoms with van der Waals surface area (Å²) >= 11 is 0. The van der Waals surface area contributed by atoms with Gasteiger partial charge in [0, 0.05) is 12.6 Å². The molecule has 1 unspecified atom stereocenters. The van der Waals surface area contributed by atoms with Gasteiger partial charge < -0.3 is 9.73 Å². The lowest BCUT2D eigenvalue weighted by atomic mass is 10.1. The quantitative estimate of drug-likeness (QED) is 0.876. The fraction of sp³-hybridized carbons (Fsp3) is 0.400.